The molecular weight excluding hydrogens is 588 g/mol. The van der Waals surface area contributed by atoms with Gasteiger partial charge >= 0.3 is 0 Å². The smallest absolute Gasteiger partial charge is 0.270 e. The standard InChI is InChI=1S/C26H17BrN6O3S2/c27-18-8-4-7-17(12-18)24-28-29-26(38-24)31-15-22(34)37-25(31)21-14-32(19-9-2-1-3-10-19)30-23(21)16-6-5-11-20(13-16)33(35)36/h1-14,25H,15H2. The summed E-state index contributed by atoms with van der Waals surface area (Å²) in [4.78, 5) is 25.7. The Kier molecular flexibility index (Phi) is 6.52. The van der Waals surface area contributed by atoms with E-state index in [0.29, 0.717) is 16.4 Å². The number of para-hydroxylation sites is 1. The number of nitro groups is 1. The van der Waals surface area contributed by atoms with Crippen molar-refractivity contribution in [3.63, 3.8) is 0 Å². The molecule has 3 aromatic carbocycles. The summed E-state index contributed by atoms with van der Waals surface area (Å²) in [6.07, 6.45) is 1.88. The number of carbonyl (C=O) groups excluding carboxylic acids is 1. The van der Waals surface area contributed by atoms with Gasteiger partial charge in [0.05, 0.1) is 22.8 Å². The molecule has 3 heterocycles. The molecule has 0 amide bonds. The first-order valence-corrected chi connectivity index (χ1v) is 13.9. The zero-order valence-corrected chi connectivity index (χ0v) is 22.7. The summed E-state index contributed by atoms with van der Waals surface area (Å²) in [6.45, 7) is 0.160. The summed E-state index contributed by atoms with van der Waals surface area (Å²) in [7, 11) is 0. The number of carbonyl (C=O) groups is 1. The van der Waals surface area contributed by atoms with Gasteiger partial charge in [-0.2, -0.15) is 5.10 Å². The van der Waals surface area contributed by atoms with Gasteiger partial charge in [0.15, 0.2) is 0 Å². The van der Waals surface area contributed by atoms with Crippen LogP contribution in [-0.2, 0) is 4.79 Å². The van der Waals surface area contributed by atoms with E-state index >= 15 is 0 Å². The van der Waals surface area contributed by atoms with E-state index in [1.54, 1.807) is 16.8 Å². The van der Waals surface area contributed by atoms with Gasteiger partial charge in [-0.05, 0) is 24.3 Å². The van der Waals surface area contributed by atoms with Crippen molar-refractivity contribution in [3.8, 4) is 27.5 Å². The fourth-order valence-corrected chi connectivity index (χ4v) is 6.59. The third-order valence-corrected chi connectivity index (χ3v) is 8.54. The van der Waals surface area contributed by atoms with Crippen molar-refractivity contribution in [3.05, 3.63) is 105 Å². The zero-order chi connectivity index (χ0) is 26.2. The van der Waals surface area contributed by atoms with Gasteiger partial charge in [0, 0.05) is 39.5 Å². The Bertz CT molecular complexity index is 1670. The lowest BCUT2D eigenvalue weighted by molar-refractivity contribution is -0.384. The molecule has 5 aromatic rings. The van der Waals surface area contributed by atoms with Crippen molar-refractivity contribution in [1.82, 2.24) is 20.0 Å². The minimum atomic E-state index is -0.433. The van der Waals surface area contributed by atoms with E-state index in [4.69, 9.17) is 5.10 Å². The molecule has 1 aliphatic heterocycles. The van der Waals surface area contributed by atoms with Gasteiger partial charge in [0.2, 0.25) is 10.2 Å². The molecule has 0 radical (unpaired) electrons. The molecular formula is C26H17BrN6O3S2. The quantitative estimate of drug-likeness (QED) is 0.159. The van der Waals surface area contributed by atoms with Crippen LogP contribution in [0.4, 0.5) is 10.8 Å². The van der Waals surface area contributed by atoms with Gasteiger partial charge in [-0.1, -0.05) is 81.5 Å². The van der Waals surface area contributed by atoms with Crippen molar-refractivity contribution in [2.24, 2.45) is 0 Å². The van der Waals surface area contributed by atoms with E-state index in [0.717, 1.165) is 26.3 Å². The first-order chi connectivity index (χ1) is 18.5. The van der Waals surface area contributed by atoms with Crippen molar-refractivity contribution < 1.29 is 9.72 Å². The molecule has 1 saturated heterocycles. The number of anilines is 1. The average molecular weight is 605 g/mol. The van der Waals surface area contributed by atoms with Gasteiger partial charge in [0.25, 0.3) is 5.69 Å². The molecule has 9 nitrogen and oxygen atoms in total. The van der Waals surface area contributed by atoms with Gasteiger partial charge in [0.1, 0.15) is 10.4 Å². The van der Waals surface area contributed by atoms with Crippen LogP contribution in [0.3, 0.4) is 0 Å². The van der Waals surface area contributed by atoms with E-state index in [1.165, 1.54) is 35.2 Å². The monoisotopic (exact) mass is 604 g/mol. The minimum absolute atomic E-state index is 0.00772. The summed E-state index contributed by atoms with van der Waals surface area (Å²) >= 11 is 6.09. The Balaban J connectivity index is 1.45. The average Bonchev–Trinajstić information content (AvgIpc) is 3.67. The number of aromatic nitrogens is 4. The number of nitro benzene ring substituents is 1. The predicted molar refractivity (Wildman–Crippen MR) is 151 cm³/mol. The Morgan fingerprint density at radius 1 is 0.974 bits per heavy atom. The first-order valence-electron chi connectivity index (χ1n) is 11.4. The number of halogens is 1. The van der Waals surface area contributed by atoms with Crippen LogP contribution in [0.25, 0.3) is 27.5 Å². The lowest BCUT2D eigenvalue weighted by Gasteiger charge is -2.21. The normalized spacial score (nSPS) is 15.2. The minimum Gasteiger partial charge on any atom is -0.322 e. The second-order valence-corrected chi connectivity index (χ2v) is 11.4. The van der Waals surface area contributed by atoms with Crippen LogP contribution in [0, 0.1) is 10.1 Å². The maximum atomic E-state index is 12.8. The summed E-state index contributed by atoms with van der Waals surface area (Å²) < 4.78 is 2.67. The fraction of sp³-hybridized carbons (Fsp3) is 0.0769. The molecule has 0 aliphatic carbocycles. The molecule has 1 atom stereocenters. The Morgan fingerprint density at radius 3 is 2.55 bits per heavy atom. The van der Waals surface area contributed by atoms with E-state index in [9.17, 15) is 14.9 Å². The van der Waals surface area contributed by atoms with Crippen LogP contribution >= 0.6 is 39.0 Å². The number of nitrogens with zero attached hydrogens (tertiary/aromatic N) is 6. The summed E-state index contributed by atoms with van der Waals surface area (Å²) in [5.74, 6) is 0. The van der Waals surface area contributed by atoms with Crippen molar-refractivity contribution in [2.45, 2.75) is 5.37 Å². The largest absolute Gasteiger partial charge is 0.322 e. The fourth-order valence-electron chi connectivity index (χ4n) is 4.19. The lowest BCUT2D eigenvalue weighted by Crippen LogP contribution is -2.23. The van der Waals surface area contributed by atoms with Gasteiger partial charge in [-0.25, -0.2) is 4.68 Å². The number of hydrogen-bond acceptors (Lipinski definition) is 9. The highest BCUT2D eigenvalue weighted by atomic mass is 79.9. The highest BCUT2D eigenvalue weighted by molar-refractivity contribution is 9.10. The summed E-state index contributed by atoms with van der Waals surface area (Å²) in [6, 6.07) is 23.8. The van der Waals surface area contributed by atoms with E-state index in [-0.39, 0.29) is 17.3 Å². The molecule has 0 saturated carbocycles. The summed E-state index contributed by atoms with van der Waals surface area (Å²) in [5, 5.41) is 26.0. The van der Waals surface area contributed by atoms with Crippen LogP contribution in [-0.4, -0.2) is 36.6 Å². The summed E-state index contributed by atoms with van der Waals surface area (Å²) in [5.41, 5.74) is 3.63. The van der Waals surface area contributed by atoms with E-state index in [2.05, 4.69) is 26.1 Å². The molecule has 188 valence electrons. The molecule has 1 fully saturated rings. The second-order valence-electron chi connectivity index (χ2n) is 8.39. The first kappa shape index (κ1) is 24.5. The van der Waals surface area contributed by atoms with Crippen molar-refractivity contribution in [1.29, 1.82) is 0 Å². The van der Waals surface area contributed by atoms with E-state index in [1.807, 2.05) is 65.7 Å². The molecule has 1 unspecified atom stereocenters. The number of non-ortho nitro benzene ring substituents is 1. The predicted octanol–water partition coefficient (Wildman–Crippen LogP) is 6.51. The Hall–Kier alpha value is -3.87. The Morgan fingerprint density at radius 2 is 1.76 bits per heavy atom. The molecule has 0 spiro atoms. The highest BCUT2D eigenvalue weighted by Gasteiger charge is 2.38. The van der Waals surface area contributed by atoms with Crippen LogP contribution < -0.4 is 4.90 Å². The molecule has 38 heavy (non-hydrogen) atoms. The number of benzene rings is 3. The molecule has 0 bridgehead atoms. The maximum Gasteiger partial charge on any atom is 0.270 e. The third-order valence-electron chi connectivity index (χ3n) is 5.92. The molecule has 0 N–H and O–H groups in total. The third kappa shape index (κ3) is 4.73. The number of thioether (sulfide) groups is 1. The van der Waals surface area contributed by atoms with E-state index < -0.39 is 10.3 Å². The van der Waals surface area contributed by atoms with Crippen molar-refractivity contribution in [2.75, 3.05) is 11.4 Å². The topological polar surface area (TPSA) is 107 Å². The SMILES string of the molecule is O=C1CN(c2nnc(-c3cccc(Br)c3)s2)C(c2cn(-c3ccccc3)nc2-c2cccc([N+](=O)[O-])c2)S1. The number of hydrogen-bond donors (Lipinski definition) is 0. The number of rotatable bonds is 6. The van der Waals surface area contributed by atoms with Gasteiger partial charge < -0.3 is 4.90 Å². The Labute approximate surface area is 233 Å². The second kappa shape index (κ2) is 10.1. The van der Waals surface area contributed by atoms with Crippen LogP contribution in [0.15, 0.2) is 89.5 Å². The van der Waals surface area contributed by atoms with Gasteiger partial charge in [-0.3, -0.25) is 14.9 Å². The molecule has 1 aliphatic rings. The van der Waals surface area contributed by atoms with Crippen LogP contribution in [0.1, 0.15) is 10.9 Å². The van der Waals surface area contributed by atoms with Gasteiger partial charge in [-0.15, -0.1) is 10.2 Å². The molecule has 12 heteroatoms. The van der Waals surface area contributed by atoms with Crippen LogP contribution in [0.2, 0.25) is 0 Å². The maximum absolute atomic E-state index is 12.8. The van der Waals surface area contributed by atoms with Crippen LogP contribution in [0.5, 0.6) is 0 Å². The highest BCUT2D eigenvalue weighted by Crippen LogP contribution is 2.46. The molecule has 2 aromatic heterocycles. The van der Waals surface area contributed by atoms with Crippen molar-refractivity contribution >= 4 is 55.0 Å². The molecule has 6 rings (SSSR count). The lowest BCUT2D eigenvalue weighted by atomic mass is 10.1. The zero-order valence-electron chi connectivity index (χ0n) is 19.5.